The van der Waals surface area contributed by atoms with Gasteiger partial charge in [-0.25, -0.2) is 0 Å². The molecular weight excluding hydrogens is 424 g/mol. The fourth-order valence-corrected chi connectivity index (χ4v) is 3.06. The Bertz CT molecular complexity index is 395. The molecule has 4 nitrogen and oxygen atoms in total. The van der Waals surface area contributed by atoms with Gasteiger partial charge in [-0.2, -0.15) is 0 Å². The van der Waals surface area contributed by atoms with Crippen LogP contribution in [0.25, 0.3) is 0 Å². The number of benzene rings is 1. The molecule has 0 saturated heterocycles. The molecule has 1 aromatic rings. The Hall–Kier alpha value is -0.0900. The molecule has 0 radical (unpaired) electrons. The number of aliphatic carboxylic acids is 1. The Kier molecular flexibility index (Phi) is 4.59. The molecule has 0 aliphatic carbocycles. The van der Waals surface area contributed by atoms with Crippen molar-refractivity contribution in [1.82, 2.24) is 0 Å². The first-order chi connectivity index (χ1) is 6.91. The van der Waals surface area contributed by atoms with Gasteiger partial charge in [0.25, 0.3) is 0 Å². The molecule has 0 aromatic heterocycles. The van der Waals surface area contributed by atoms with Gasteiger partial charge in [-0.1, -0.05) is 0 Å². The minimum atomic E-state index is -1.07. The topological polar surface area (TPSA) is 83.5 Å². The van der Waals surface area contributed by atoms with Crippen LogP contribution in [0, 0.1) is 7.14 Å². The van der Waals surface area contributed by atoms with E-state index in [0.717, 1.165) is 3.57 Å². The predicted octanol–water partition coefficient (Wildman–Crippen LogP) is 1.56. The van der Waals surface area contributed by atoms with E-state index in [4.69, 9.17) is 10.8 Å². The van der Waals surface area contributed by atoms with E-state index >= 15 is 0 Å². The number of carboxylic acid groups (broad SMARTS) is 1. The number of carbonyl (C=O) groups is 1. The van der Waals surface area contributed by atoms with Crippen LogP contribution in [0.3, 0.4) is 0 Å². The van der Waals surface area contributed by atoms with Crippen LogP contribution >= 0.6 is 45.2 Å². The summed E-state index contributed by atoms with van der Waals surface area (Å²) in [5, 5.41) is 18.4. The zero-order valence-electron chi connectivity index (χ0n) is 7.58. The number of hydrogen-bond donors (Lipinski definition) is 3. The lowest BCUT2D eigenvalue weighted by molar-refractivity contribution is -0.138. The molecule has 1 unspecified atom stereocenters. The zero-order valence-corrected chi connectivity index (χ0v) is 11.9. The predicted molar refractivity (Wildman–Crippen MR) is 72.9 cm³/mol. The Balaban J connectivity index is 2.99. The Morgan fingerprint density at radius 3 is 2.60 bits per heavy atom. The largest absolute Gasteiger partial charge is 0.507 e. The summed E-state index contributed by atoms with van der Waals surface area (Å²) in [6.07, 6.45) is 0.133. The molecule has 0 heterocycles. The van der Waals surface area contributed by atoms with Gasteiger partial charge < -0.3 is 15.9 Å². The third-order valence-corrected chi connectivity index (χ3v) is 3.31. The fraction of sp³-hybridized carbons (Fsp3) is 0.222. The lowest BCUT2D eigenvalue weighted by Crippen LogP contribution is -2.32. The Labute approximate surface area is 114 Å². The summed E-state index contributed by atoms with van der Waals surface area (Å²) in [5.74, 6) is -0.948. The Morgan fingerprint density at radius 1 is 1.47 bits per heavy atom. The van der Waals surface area contributed by atoms with Crippen molar-refractivity contribution in [2.75, 3.05) is 0 Å². The monoisotopic (exact) mass is 433 g/mol. The lowest BCUT2D eigenvalue weighted by Gasteiger charge is -2.10. The average molecular weight is 433 g/mol. The summed E-state index contributed by atoms with van der Waals surface area (Å²) in [4.78, 5) is 10.6. The molecule has 1 rings (SSSR count). The van der Waals surface area contributed by atoms with Crippen molar-refractivity contribution in [2.24, 2.45) is 5.73 Å². The summed E-state index contributed by atoms with van der Waals surface area (Å²) < 4.78 is 1.65. The maximum atomic E-state index is 10.6. The molecule has 0 saturated carbocycles. The minimum absolute atomic E-state index is 0.118. The maximum Gasteiger partial charge on any atom is 0.320 e. The average Bonchev–Trinajstić information content (AvgIpc) is 2.13. The number of hydrogen-bond acceptors (Lipinski definition) is 3. The van der Waals surface area contributed by atoms with Gasteiger partial charge in [-0.05, 0) is 62.9 Å². The van der Waals surface area contributed by atoms with Crippen molar-refractivity contribution >= 4 is 51.2 Å². The van der Waals surface area contributed by atoms with Gasteiger partial charge in [0, 0.05) is 9.99 Å². The van der Waals surface area contributed by atoms with Crippen molar-refractivity contribution in [3.8, 4) is 5.75 Å². The van der Waals surface area contributed by atoms with Gasteiger partial charge in [-0.3, -0.25) is 4.79 Å². The summed E-state index contributed by atoms with van der Waals surface area (Å²) >= 11 is 4.10. The molecule has 0 amide bonds. The van der Waals surface area contributed by atoms with Crippen LogP contribution in [0.1, 0.15) is 5.56 Å². The fourth-order valence-electron chi connectivity index (χ4n) is 1.10. The zero-order chi connectivity index (χ0) is 11.6. The maximum absolute atomic E-state index is 10.6. The molecule has 15 heavy (non-hydrogen) atoms. The van der Waals surface area contributed by atoms with E-state index in [1.807, 2.05) is 28.7 Å². The van der Waals surface area contributed by atoms with Crippen LogP contribution in [0.2, 0.25) is 0 Å². The van der Waals surface area contributed by atoms with E-state index in [1.165, 1.54) is 0 Å². The highest BCUT2D eigenvalue weighted by Crippen LogP contribution is 2.27. The van der Waals surface area contributed by atoms with Crippen LogP contribution in [0.15, 0.2) is 12.1 Å². The normalized spacial score (nSPS) is 12.5. The number of halogens is 2. The molecule has 1 aromatic carbocycles. The standard InChI is InChI=1S/C9H9I2NO3/c10-5-1-4(2-7(12)9(14)15)8(13)6(11)3-5/h1,3,7,13H,2,12H2,(H,14,15). The first-order valence-electron chi connectivity index (χ1n) is 4.07. The number of rotatable bonds is 3. The molecule has 6 heteroatoms. The minimum Gasteiger partial charge on any atom is -0.507 e. The highest BCUT2D eigenvalue weighted by molar-refractivity contribution is 14.1. The molecule has 1 atom stereocenters. The van der Waals surface area contributed by atoms with E-state index in [2.05, 4.69) is 22.6 Å². The molecule has 4 N–H and O–H groups in total. The molecule has 82 valence electrons. The van der Waals surface area contributed by atoms with Crippen molar-refractivity contribution in [3.05, 3.63) is 24.8 Å². The van der Waals surface area contributed by atoms with Crippen molar-refractivity contribution in [2.45, 2.75) is 12.5 Å². The second-order valence-electron chi connectivity index (χ2n) is 3.04. The second-order valence-corrected chi connectivity index (χ2v) is 5.45. The van der Waals surface area contributed by atoms with E-state index in [9.17, 15) is 9.90 Å². The van der Waals surface area contributed by atoms with E-state index in [-0.39, 0.29) is 12.2 Å². The third-order valence-electron chi connectivity index (χ3n) is 1.86. The van der Waals surface area contributed by atoms with Gasteiger partial charge in [-0.15, -0.1) is 0 Å². The lowest BCUT2D eigenvalue weighted by atomic mass is 10.1. The molecule has 0 bridgehead atoms. The molecule has 0 spiro atoms. The number of phenols is 1. The molecular formula is C9H9I2NO3. The number of nitrogens with two attached hydrogens (primary N) is 1. The van der Waals surface area contributed by atoms with Gasteiger partial charge in [0.2, 0.25) is 0 Å². The first kappa shape index (κ1) is 13.0. The van der Waals surface area contributed by atoms with Crippen LogP contribution in [0.4, 0.5) is 0 Å². The summed E-state index contributed by atoms with van der Waals surface area (Å²) in [7, 11) is 0. The highest BCUT2D eigenvalue weighted by atomic mass is 127. The first-order valence-corrected chi connectivity index (χ1v) is 6.23. The van der Waals surface area contributed by atoms with Crippen LogP contribution in [-0.4, -0.2) is 22.2 Å². The highest BCUT2D eigenvalue weighted by Gasteiger charge is 2.16. The summed E-state index contributed by atoms with van der Waals surface area (Å²) in [6, 6.07) is 2.57. The smallest absolute Gasteiger partial charge is 0.320 e. The van der Waals surface area contributed by atoms with Gasteiger partial charge in [0.1, 0.15) is 11.8 Å². The van der Waals surface area contributed by atoms with Crippen LogP contribution < -0.4 is 5.73 Å². The third kappa shape index (κ3) is 3.45. The van der Waals surface area contributed by atoms with Gasteiger partial charge in [0.15, 0.2) is 0 Å². The number of aromatic hydroxyl groups is 1. The van der Waals surface area contributed by atoms with E-state index in [1.54, 1.807) is 6.07 Å². The second kappa shape index (κ2) is 5.30. The van der Waals surface area contributed by atoms with E-state index in [0.29, 0.717) is 9.13 Å². The van der Waals surface area contributed by atoms with Crippen molar-refractivity contribution in [3.63, 3.8) is 0 Å². The van der Waals surface area contributed by atoms with Gasteiger partial charge >= 0.3 is 5.97 Å². The van der Waals surface area contributed by atoms with E-state index < -0.39 is 12.0 Å². The summed E-state index contributed by atoms with van der Waals surface area (Å²) in [5.41, 5.74) is 5.97. The Morgan fingerprint density at radius 2 is 2.07 bits per heavy atom. The van der Waals surface area contributed by atoms with Gasteiger partial charge in [0.05, 0.1) is 3.57 Å². The molecule has 0 aliphatic rings. The summed E-state index contributed by atoms with van der Waals surface area (Å²) in [6.45, 7) is 0. The van der Waals surface area contributed by atoms with Crippen LogP contribution in [-0.2, 0) is 11.2 Å². The SMILES string of the molecule is NC(Cc1cc(I)cc(I)c1O)C(=O)O. The molecule has 0 aliphatic heterocycles. The quantitative estimate of drug-likeness (QED) is 0.633. The van der Waals surface area contributed by atoms with Crippen molar-refractivity contribution in [1.29, 1.82) is 0 Å². The molecule has 0 fully saturated rings. The number of phenolic OH excluding ortho intramolecular Hbond substituents is 1. The number of carboxylic acids is 1. The van der Waals surface area contributed by atoms with Crippen LogP contribution in [0.5, 0.6) is 5.75 Å². The van der Waals surface area contributed by atoms with Crippen molar-refractivity contribution < 1.29 is 15.0 Å².